The van der Waals surface area contributed by atoms with Gasteiger partial charge in [-0.15, -0.1) is 0 Å². The molecular weight excluding hydrogens is 397 g/mol. The molecule has 0 aliphatic carbocycles. The molecule has 3 heterocycles. The Balaban J connectivity index is 1.14. The first-order valence-electron chi connectivity index (χ1n) is 11.1. The number of likely N-dealkylation sites (tertiary alicyclic amines) is 2. The normalized spacial score (nSPS) is 18.8. The van der Waals surface area contributed by atoms with Crippen LogP contribution in [0.15, 0.2) is 36.8 Å². The fraction of sp³-hybridized carbons (Fsp3) is 0.522. The first-order valence-corrected chi connectivity index (χ1v) is 11.1. The number of carbonyl (C=O) groups is 2. The number of hydrogen-bond acceptors (Lipinski definition) is 4. The van der Waals surface area contributed by atoms with E-state index in [0.717, 1.165) is 58.4 Å². The molecule has 2 fully saturated rings. The van der Waals surface area contributed by atoms with E-state index in [-0.39, 0.29) is 17.6 Å². The Bertz CT molecular complexity index is 855. The van der Waals surface area contributed by atoms with E-state index in [2.05, 4.69) is 20.2 Å². The van der Waals surface area contributed by atoms with Crippen molar-refractivity contribution in [2.75, 3.05) is 39.3 Å². The van der Waals surface area contributed by atoms with Gasteiger partial charge in [0.15, 0.2) is 0 Å². The van der Waals surface area contributed by atoms with E-state index < -0.39 is 0 Å². The number of aromatic amines is 1. The van der Waals surface area contributed by atoms with Gasteiger partial charge in [0.25, 0.3) is 11.8 Å². The molecule has 2 amide bonds. The smallest absolute Gasteiger partial charge is 0.269 e. The largest absolute Gasteiger partial charge is 0.350 e. The minimum Gasteiger partial charge on any atom is -0.350 e. The van der Waals surface area contributed by atoms with E-state index in [9.17, 15) is 14.0 Å². The van der Waals surface area contributed by atoms with Gasteiger partial charge in [0, 0.05) is 31.7 Å². The van der Waals surface area contributed by atoms with Crippen LogP contribution < -0.4 is 5.32 Å². The summed E-state index contributed by atoms with van der Waals surface area (Å²) in [6.07, 6.45) is 7.24. The average molecular weight is 428 g/mol. The summed E-state index contributed by atoms with van der Waals surface area (Å²) in [5.74, 6) is 0.699. The van der Waals surface area contributed by atoms with Gasteiger partial charge in [-0.25, -0.2) is 9.37 Å². The van der Waals surface area contributed by atoms with Gasteiger partial charge in [-0.1, -0.05) is 0 Å². The molecule has 0 saturated carbocycles. The predicted molar refractivity (Wildman–Crippen MR) is 115 cm³/mol. The van der Waals surface area contributed by atoms with Crippen LogP contribution in [0.1, 0.15) is 46.5 Å². The molecule has 2 aliphatic rings. The summed E-state index contributed by atoms with van der Waals surface area (Å²) >= 11 is 0. The second kappa shape index (κ2) is 10.0. The van der Waals surface area contributed by atoms with Crippen molar-refractivity contribution < 1.29 is 14.0 Å². The number of halogens is 1. The van der Waals surface area contributed by atoms with Gasteiger partial charge in [-0.3, -0.25) is 9.59 Å². The Morgan fingerprint density at radius 3 is 2.35 bits per heavy atom. The minimum absolute atomic E-state index is 0.00330. The number of amides is 2. The molecule has 2 aliphatic heterocycles. The molecule has 0 radical (unpaired) electrons. The lowest BCUT2D eigenvalue weighted by atomic mass is 9.92. The van der Waals surface area contributed by atoms with Crippen molar-refractivity contribution in [1.29, 1.82) is 0 Å². The Kier molecular flexibility index (Phi) is 6.96. The lowest BCUT2D eigenvalue weighted by Gasteiger charge is -2.37. The van der Waals surface area contributed by atoms with Crippen LogP contribution in [-0.4, -0.2) is 70.9 Å². The van der Waals surface area contributed by atoms with E-state index in [4.69, 9.17) is 0 Å². The zero-order valence-electron chi connectivity index (χ0n) is 17.7. The fourth-order valence-corrected chi connectivity index (χ4v) is 4.54. The monoisotopic (exact) mass is 427 g/mol. The van der Waals surface area contributed by atoms with Gasteiger partial charge in [0.1, 0.15) is 11.5 Å². The maximum Gasteiger partial charge on any atom is 0.269 e. The zero-order chi connectivity index (χ0) is 21.6. The molecule has 1 aromatic carbocycles. The first-order chi connectivity index (χ1) is 15.1. The van der Waals surface area contributed by atoms with E-state index in [1.54, 1.807) is 12.1 Å². The molecule has 0 unspecified atom stereocenters. The van der Waals surface area contributed by atoms with Crippen molar-refractivity contribution in [2.24, 2.45) is 11.8 Å². The number of benzene rings is 1. The van der Waals surface area contributed by atoms with E-state index in [0.29, 0.717) is 29.6 Å². The van der Waals surface area contributed by atoms with E-state index in [1.165, 1.54) is 24.7 Å². The van der Waals surface area contributed by atoms with Crippen LogP contribution in [0.3, 0.4) is 0 Å². The first kappa shape index (κ1) is 21.5. The lowest BCUT2D eigenvalue weighted by Crippen LogP contribution is -2.44. The van der Waals surface area contributed by atoms with Gasteiger partial charge in [0.2, 0.25) is 0 Å². The number of hydrogen-bond donors (Lipinski definition) is 2. The number of rotatable bonds is 6. The van der Waals surface area contributed by atoms with Crippen LogP contribution in [0, 0.1) is 17.7 Å². The molecule has 7 nitrogen and oxygen atoms in total. The van der Waals surface area contributed by atoms with Gasteiger partial charge in [-0.05, 0) is 74.9 Å². The van der Waals surface area contributed by atoms with Crippen LogP contribution in [-0.2, 0) is 0 Å². The highest BCUT2D eigenvalue weighted by Gasteiger charge is 2.27. The third-order valence-electron chi connectivity index (χ3n) is 6.51. The summed E-state index contributed by atoms with van der Waals surface area (Å²) in [5.41, 5.74) is 1.06. The number of piperidine rings is 2. The number of nitrogens with one attached hydrogen (secondary N) is 2. The zero-order valence-corrected chi connectivity index (χ0v) is 17.7. The molecule has 2 N–H and O–H groups in total. The molecule has 166 valence electrons. The van der Waals surface area contributed by atoms with Crippen molar-refractivity contribution in [3.8, 4) is 0 Å². The molecule has 8 heteroatoms. The van der Waals surface area contributed by atoms with Crippen LogP contribution in [0.4, 0.5) is 4.39 Å². The summed E-state index contributed by atoms with van der Waals surface area (Å²) in [5, 5.41) is 3.00. The van der Waals surface area contributed by atoms with Gasteiger partial charge < -0.3 is 20.1 Å². The Labute approximate surface area is 182 Å². The second-order valence-electron chi connectivity index (χ2n) is 8.66. The summed E-state index contributed by atoms with van der Waals surface area (Å²) in [6, 6.07) is 5.80. The fourth-order valence-electron chi connectivity index (χ4n) is 4.54. The Hall–Kier alpha value is -2.74. The highest BCUT2D eigenvalue weighted by Crippen LogP contribution is 2.23. The maximum absolute atomic E-state index is 13.1. The van der Waals surface area contributed by atoms with Crippen molar-refractivity contribution in [3.05, 3.63) is 53.9 Å². The molecule has 0 bridgehead atoms. The third-order valence-corrected chi connectivity index (χ3v) is 6.51. The molecule has 2 aromatic rings. The minimum atomic E-state index is -0.320. The Morgan fingerprint density at radius 1 is 1.03 bits per heavy atom. The topological polar surface area (TPSA) is 81.3 Å². The molecule has 0 atom stereocenters. The standard InChI is InChI=1S/C23H30FN5O2/c24-20-3-1-19(2-4-20)23(31)29-11-7-18(8-12-29)15-28-9-5-17(6-10-28)13-26-22(30)21-14-25-16-27-21/h1-4,14,16-18H,5-13,15H2,(H,25,27)(H,26,30). The third kappa shape index (κ3) is 5.70. The van der Waals surface area contributed by atoms with E-state index in [1.807, 2.05) is 4.90 Å². The average Bonchev–Trinajstić information content (AvgIpc) is 3.34. The van der Waals surface area contributed by atoms with Crippen LogP contribution >= 0.6 is 0 Å². The van der Waals surface area contributed by atoms with Crippen LogP contribution in [0.5, 0.6) is 0 Å². The van der Waals surface area contributed by atoms with Crippen molar-refractivity contribution in [1.82, 2.24) is 25.1 Å². The lowest BCUT2D eigenvalue weighted by molar-refractivity contribution is 0.0652. The van der Waals surface area contributed by atoms with E-state index >= 15 is 0 Å². The number of H-pyrrole nitrogens is 1. The van der Waals surface area contributed by atoms with Crippen molar-refractivity contribution in [2.45, 2.75) is 25.7 Å². The molecule has 1 aromatic heterocycles. The summed E-state index contributed by atoms with van der Waals surface area (Å²) in [4.78, 5) is 35.7. The molecule has 31 heavy (non-hydrogen) atoms. The molecule has 0 spiro atoms. The number of carbonyl (C=O) groups excluding carboxylic acids is 2. The van der Waals surface area contributed by atoms with Gasteiger partial charge in [-0.2, -0.15) is 0 Å². The molecule has 2 saturated heterocycles. The van der Waals surface area contributed by atoms with Gasteiger partial charge >= 0.3 is 0 Å². The molecule has 4 rings (SSSR count). The van der Waals surface area contributed by atoms with Crippen molar-refractivity contribution >= 4 is 11.8 Å². The highest BCUT2D eigenvalue weighted by atomic mass is 19.1. The van der Waals surface area contributed by atoms with Gasteiger partial charge in [0.05, 0.1) is 12.5 Å². The quantitative estimate of drug-likeness (QED) is 0.742. The summed E-state index contributed by atoms with van der Waals surface area (Å²) in [7, 11) is 0. The summed E-state index contributed by atoms with van der Waals surface area (Å²) < 4.78 is 13.1. The van der Waals surface area contributed by atoms with Crippen LogP contribution in [0.25, 0.3) is 0 Å². The highest BCUT2D eigenvalue weighted by molar-refractivity contribution is 5.94. The Morgan fingerprint density at radius 2 is 1.71 bits per heavy atom. The number of aromatic nitrogens is 2. The maximum atomic E-state index is 13.1. The van der Waals surface area contributed by atoms with Crippen LogP contribution in [0.2, 0.25) is 0 Å². The van der Waals surface area contributed by atoms with Crippen molar-refractivity contribution in [3.63, 3.8) is 0 Å². The number of imidazole rings is 1. The predicted octanol–water partition coefficient (Wildman–Crippen LogP) is 2.54. The number of nitrogens with zero attached hydrogens (tertiary/aromatic N) is 3. The second-order valence-corrected chi connectivity index (χ2v) is 8.66. The summed E-state index contributed by atoms with van der Waals surface area (Å²) in [6.45, 7) is 5.41. The molecular formula is C23H30FN5O2. The SMILES string of the molecule is O=C(NCC1CCN(CC2CCN(C(=O)c3ccc(F)cc3)CC2)CC1)c1cnc[nH]1.